The average Bonchev–Trinajstić information content (AvgIpc) is 3.22. The summed E-state index contributed by atoms with van der Waals surface area (Å²) >= 11 is 0. The van der Waals surface area contributed by atoms with Gasteiger partial charge in [-0.05, 0) is 36.2 Å². The fraction of sp³-hybridized carbons (Fsp3) is 0.188. The molecule has 4 rings (SSSR count). The van der Waals surface area contributed by atoms with Crippen LogP contribution in [0.4, 0.5) is 0 Å². The van der Waals surface area contributed by atoms with Crippen LogP contribution in [0.5, 0.6) is 11.5 Å². The minimum atomic E-state index is 0.251. The van der Waals surface area contributed by atoms with Crippen LogP contribution in [-0.4, -0.2) is 21.9 Å². The van der Waals surface area contributed by atoms with Gasteiger partial charge in [0.2, 0.25) is 18.5 Å². The molecule has 2 aromatic heterocycles. The number of benzene rings is 1. The smallest absolute Gasteiger partial charge is 0.231 e. The van der Waals surface area contributed by atoms with E-state index in [1.807, 2.05) is 36.5 Å². The summed E-state index contributed by atoms with van der Waals surface area (Å²) in [7, 11) is 0. The van der Waals surface area contributed by atoms with Crippen molar-refractivity contribution in [1.82, 2.24) is 15.1 Å². The van der Waals surface area contributed by atoms with Crippen LogP contribution in [0, 0.1) is 0 Å². The van der Waals surface area contributed by atoms with Crippen molar-refractivity contribution in [3.8, 4) is 22.9 Å². The summed E-state index contributed by atoms with van der Waals surface area (Å²) in [6, 6.07) is 9.55. The molecule has 3 aromatic rings. The first kappa shape index (κ1) is 12.8. The van der Waals surface area contributed by atoms with Gasteiger partial charge in [0.1, 0.15) is 0 Å². The molecule has 0 N–H and O–H groups in total. The van der Waals surface area contributed by atoms with Crippen molar-refractivity contribution in [2.24, 2.45) is 0 Å². The normalized spacial score (nSPS) is 12.5. The SMILES string of the molecule is c1cncc(CCc2nc(-c3ccc4c(c3)OCO4)no2)c1. The maximum Gasteiger partial charge on any atom is 0.231 e. The van der Waals surface area contributed by atoms with Crippen molar-refractivity contribution in [2.75, 3.05) is 6.79 Å². The van der Waals surface area contributed by atoms with E-state index in [2.05, 4.69) is 15.1 Å². The van der Waals surface area contributed by atoms with Crippen LogP contribution in [0.3, 0.4) is 0 Å². The maximum atomic E-state index is 5.36. The van der Waals surface area contributed by atoms with Crippen molar-refractivity contribution < 1.29 is 14.0 Å². The zero-order chi connectivity index (χ0) is 14.8. The number of hydrogen-bond donors (Lipinski definition) is 0. The standard InChI is InChI=1S/C16H13N3O3/c1-2-11(9-17-7-1)3-6-15-18-16(19-22-15)12-4-5-13-14(8-12)21-10-20-13/h1-2,4-5,7-9H,3,6,10H2. The third-order valence-corrected chi connectivity index (χ3v) is 3.45. The lowest BCUT2D eigenvalue weighted by atomic mass is 10.1. The van der Waals surface area contributed by atoms with Gasteiger partial charge in [0.15, 0.2) is 11.5 Å². The van der Waals surface area contributed by atoms with Crippen LogP contribution in [0.1, 0.15) is 11.5 Å². The van der Waals surface area contributed by atoms with Crippen LogP contribution in [-0.2, 0) is 12.8 Å². The molecule has 1 aromatic carbocycles. The lowest BCUT2D eigenvalue weighted by Crippen LogP contribution is -1.93. The second kappa shape index (κ2) is 5.48. The van der Waals surface area contributed by atoms with E-state index in [9.17, 15) is 0 Å². The molecule has 1 aliphatic heterocycles. The Bertz CT molecular complexity index is 786. The molecule has 1 aliphatic rings. The van der Waals surface area contributed by atoms with E-state index in [1.54, 1.807) is 6.20 Å². The molecule has 0 radical (unpaired) electrons. The first-order valence-electron chi connectivity index (χ1n) is 7.00. The first-order valence-corrected chi connectivity index (χ1v) is 7.00. The van der Waals surface area contributed by atoms with E-state index in [1.165, 1.54) is 0 Å². The predicted octanol–water partition coefficient (Wildman–Crippen LogP) is 2.65. The molecule has 0 aliphatic carbocycles. The zero-order valence-corrected chi connectivity index (χ0v) is 11.7. The monoisotopic (exact) mass is 295 g/mol. The summed E-state index contributed by atoms with van der Waals surface area (Å²) in [4.78, 5) is 8.52. The van der Waals surface area contributed by atoms with Gasteiger partial charge in [-0.1, -0.05) is 11.2 Å². The second-order valence-electron chi connectivity index (χ2n) is 4.94. The molecule has 0 saturated carbocycles. The third kappa shape index (κ3) is 2.50. The number of aromatic nitrogens is 3. The molecule has 6 heteroatoms. The molecule has 6 nitrogen and oxygen atoms in total. The Morgan fingerprint density at radius 1 is 1.05 bits per heavy atom. The molecule has 110 valence electrons. The van der Waals surface area contributed by atoms with Gasteiger partial charge in [-0.2, -0.15) is 4.98 Å². The topological polar surface area (TPSA) is 70.3 Å². The fourth-order valence-electron chi connectivity index (χ4n) is 2.31. The summed E-state index contributed by atoms with van der Waals surface area (Å²) in [5, 5.41) is 4.03. The molecule has 0 fully saturated rings. The second-order valence-corrected chi connectivity index (χ2v) is 4.94. The number of nitrogens with zero attached hydrogens (tertiary/aromatic N) is 3. The summed E-state index contributed by atoms with van der Waals surface area (Å²) in [5.41, 5.74) is 1.99. The molecule has 0 atom stereocenters. The first-order chi connectivity index (χ1) is 10.9. The minimum Gasteiger partial charge on any atom is -0.454 e. The van der Waals surface area contributed by atoms with E-state index in [0.29, 0.717) is 23.9 Å². The highest BCUT2D eigenvalue weighted by Crippen LogP contribution is 2.35. The summed E-state index contributed by atoms with van der Waals surface area (Å²) in [5.74, 6) is 2.61. The van der Waals surface area contributed by atoms with E-state index in [4.69, 9.17) is 14.0 Å². The minimum absolute atomic E-state index is 0.251. The molecule has 0 amide bonds. The molecule has 0 bridgehead atoms. The van der Waals surface area contributed by atoms with Gasteiger partial charge < -0.3 is 14.0 Å². The quantitative estimate of drug-likeness (QED) is 0.737. The number of hydrogen-bond acceptors (Lipinski definition) is 6. The average molecular weight is 295 g/mol. The highest BCUT2D eigenvalue weighted by Gasteiger charge is 2.16. The van der Waals surface area contributed by atoms with Crippen LogP contribution in [0.25, 0.3) is 11.4 Å². The van der Waals surface area contributed by atoms with Gasteiger partial charge in [-0.25, -0.2) is 0 Å². The molecular formula is C16H13N3O3. The highest BCUT2D eigenvalue weighted by atomic mass is 16.7. The lowest BCUT2D eigenvalue weighted by molar-refractivity contribution is 0.174. The van der Waals surface area contributed by atoms with Crippen LogP contribution in [0.2, 0.25) is 0 Å². The Morgan fingerprint density at radius 3 is 2.91 bits per heavy atom. The van der Waals surface area contributed by atoms with E-state index in [0.717, 1.165) is 23.3 Å². The van der Waals surface area contributed by atoms with Crippen molar-refractivity contribution in [1.29, 1.82) is 0 Å². The van der Waals surface area contributed by atoms with Gasteiger partial charge in [0.25, 0.3) is 0 Å². The lowest BCUT2D eigenvalue weighted by Gasteiger charge is -1.97. The van der Waals surface area contributed by atoms with Crippen molar-refractivity contribution in [3.05, 3.63) is 54.2 Å². The van der Waals surface area contributed by atoms with Gasteiger partial charge in [0, 0.05) is 24.4 Å². The number of pyridine rings is 1. The van der Waals surface area contributed by atoms with Crippen molar-refractivity contribution in [2.45, 2.75) is 12.8 Å². The van der Waals surface area contributed by atoms with E-state index < -0.39 is 0 Å². The van der Waals surface area contributed by atoms with Crippen LogP contribution < -0.4 is 9.47 Å². The molecular weight excluding hydrogens is 282 g/mol. The Labute approximate surface area is 126 Å². The van der Waals surface area contributed by atoms with Crippen molar-refractivity contribution >= 4 is 0 Å². The number of aryl methyl sites for hydroxylation is 2. The third-order valence-electron chi connectivity index (χ3n) is 3.45. The summed E-state index contributed by atoms with van der Waals surface area (Å²) in [6.45, 7) is 0.251. The van der Waals surface area contributed by atoms with Gasteiger partial charge in [-0.3, -0.25) is 4.98 Å². The molecule has 3 heterocycles. The van der Waals surface area contributed by atoms with E-state index in [-0.39, 0.29) is 6.79 Å². The summed E-state index contributed by atoms with van der Waals surface area (Å²) < 4.78 is 16.0. The van der Waals surface area contributed by atoms with Gasteiger partial charge in [-0.15, -0.1) is 0 Å². The number of ether oxygens (including phenoxy) is 2. The predicted molar refractivity (Wildman–Crippen MR) is 77.5 cm³/mol. The Morgan fingerprint density at radius 2 is 2.00 bits per heavy atom. The molecule has 0 spiro atoms. The Kier molecular flexibility index (Phi) is 3.19. The molecule has 22 heavy (non-hydrogen) atoms. The van der Waals surface area contributed by atoms with Gasteiger partial charge >= 0.3 is 0 Å². The largest absolute Gasteiger partial charge is 0.454 e. The van der Waals surface area contributed by atoms with Crippen LogP contribution in [0.15, 0.2) is 47.2 Å². The maximum absolute atomic E-state index is 5.36. The highest BCUT2D eigenvalue weighted by molar-refractivity contribution is 5.61. The number of fused-ring (bicyclic) bond motifs is 1. The van der Waals surface area contributed by atoms with Crippen molar-refractivity contribution in [3.63, 3.8) is 0 Å². The van der Waals surface area contributed by atoms with E-state index >= 15 is 0 Å². The Hall–Kier alpha value is -2.89. The zero-order valence-electron chi connectivity index (χ0n) is 11.7. The Balaban J connectivity index is 1.49. The van der Waals surface area contributed by atoms with Gasteiger partial charge in [0.05, 0.1) is 0 Å². The fourth-order valence-corrected chi connectivity index (χ4v) is 2.31. The molecule has 0 saturated heterocycles. The van der Waals surface area contributed by atoms with Crippen LogP contribution >= 0.6 is 0 Å². The molecule has 0 unspecified atom stereocenters. The summed E-state index contributed by atoms with van der Waals surface area (Å²) in [6.07, 6.45) is 5.10. The number of rotatable bonds is 4.